The third-order valence-corrected chi connectivity index (χ3v) is 4.69. The van der Waals surface area contributed by atoms with Gasteiger partial charge in [-0.1, -0.05) is 0 Å². The molecule has 4 rings (SSSR count). The fourth-order valence-corrected chi connectivity index (χ4v) is 2.94. The van der Waals surface area contributed by atoms with Crippen molar-refractivity contribution in [1.82, 2.24) is 9.61 Å². The lowest BCUT2D eigenvalue weighted by Crippen LogP contribution is -2.19. The molecule has 1 unspecified atom stereocenters. The smallest absolute Gasteiger partial charge is 0.260 e. The molecule has 10 heteroatoms. The second kappa shape index (κ2) is 6.57. The molecule has 1 aliphatic rings. The average molecular weight is 406 g/mol. The molecule has 2 heterocycles. The van der Waals surface area contributed by atoms with Crippen LogP contribution in [-0.4, -0.2) is 27.4 Å². The first kappa shape index (κ1) is 18.9. The lowest BCUT2D eigenvalue weighted by molar-refractivity contribution is -0.119. The van der Waals surface area contributed by atoms with Crippen molar-refractivity contribution in [2.24, 2.45) is 5.92 Å². The van der Waals surface area contributed by atoms with E-state index in [1.54, 1.807) is 0 Å². The van der Waals surface area contributed by atoms with E-state index in [4.69, 9.17) is 0 Å². The number of benzene rings is 1. The first-order valence-electron chi connectivity index (χ1n) is 8.59. The van der Waals surface area contributed by atoms with Gasteiger partial charge in [0, 0.05) is 12.1 Å². The fraction of sp³-hybridized carbons (Fsp3) is 0.211. The normalized spacial score (nSPS) is 17.2. The summed E-state index contributed by atoms with van der Waals surface area (Å²) >= 11 is 0. The Morgan fingerprint density at radius 3 is 2.59 bits per heavy atom. The molecule has 2 aromatic heterocycles. The van der Waals surface area contributed by atoms with E-state index in [1.807, 2.05) is 0 Å². The summed E-state index contributed by atoms with van der Waals surface area (Å²) in [6.45, 7) is 1.53. The number of pyridine rings is 1. The van der Waals surface area contributed by atoms with Crippen LogP contribution in [0.15, 0.2) is 36.7 Å². The van der Waals surface area contributed by atoms with Gasteiger partial charge in [-0.05, 0) is 36.8 Å². The molecule has 1 aromatic carbocycles. The zero-order chi connectivity index (χ0) is 20.9. The summed E-state index contributed by atoms with van der Waals surface area (Å²) in [7, 11) is 0. The molecule has 1 aliphatic carbocycles. The van der Waals surface area contributed by atoms with Crippen molar-refractivity contribution in [2.45, 2.75) is 19.3 Å². The molecule has 3 aromatic rings. The number of nitrogens with zero attached hydrogens (tertiary/aromatic N) is 2. The number of halogens is 4. The molecule has 150 valence electrons. The van der Waals surface area contributed by atoms with Crippen LogP contribution in [0.2, 0.25) is 0 Å². The zero-order valence-electron chi connectivity index (χ0n) is 15.0. The van der Waals surface area contributed by atoms with Crippen molar-refractivity contribution < 1.29 is 27.2 Å². The first-order valence-corrected chi connectivity index (χ1v) is 8.59. The van der Waals surface area contributed by atoms with Gasteiger partial charge < -0.3 is 10.6 Å². The molecular formula is C19H14F4N4O2. The molecule has 1 atom stereocenters. The van der Waals surface area contributed by atoms with Crippen LogP contribution in [0.25, 0.3) is 5.52 Å². The lowest BCUT2D eigenvalue weighted by atomic mass is 10.1. The Kier molecular flexibility index (Phi) is 4.29. The van der Waals surface area contributed by atoms with Crippen LogP contribution in [0.1, 0.15) is 22.3 Å². The van der Waals surface area contributed by atoms with Crippen LogP contribution >= 0.6 is 0 Å². The third kappa shape index (κ3) is 3.53. The number of carbonyl (C=O) groups is 2. The van der Waals surface area contributed by atoms with Crippen LogP contribution in [-0.2, 0) is 4.79 Å². The monoisotopic (exact) mass is 406 g/mol. The van der Waals surface area contributed by atoms with E-state index in [9.17, 15) is 27.2 Å². The minimum atomic E-state index is -3.08. The Labute approximate surface area is 161 Å². The maximum absolute atomic E-state index is 14.2. The second-order valence-electron chi connectivity index (χ2n) is 6.84. The molecule has 29 heavy (non-hydrogen) atoms. The maximum Gasteiger partial charge on any atom is 0.260 e. The number of nitrogens with one attached hydrogen (secondary N) is 2. The summed E-state index contributed by atoms with van der Waals surface area (Å²) in [6.07, 6.45) is 1.78. The van der Waals surface area contributed by atoms with Gasteiger partial charge in [-0.25, -0.2) is 22.1 Å². The van der Waals surface area contributed by atoms with E-state index in [0.717, 1.165) is 18.3 Å². The number of hydrogen-bond acceptors (Lipinski definition) is 3. The molecule has 1 saturated carbocycles. The summed E-state index contributed by atoms with van der Waals surface area (Å²) in [5, 5.41) is 8.61. The van der Waals surface area contributed by atoms with Gasteiger partial charge in [0.15, 0.2) is 0 Å². The Morgan fingerprint density at radius 2 is 1.90 bits per heavy atom. The highest BCUT2D eigenvalue weighted by Crippen LogP contribution is 2.49. The number of aromatic nitrogens is 2. The van der Waals surface area contributed by atoms with Gasteiger partial charge in [-0.15, -0.1) is 0 Å². The van der Waals surface area contributed by atoms with E-state index in [0.29, 0.717) is 11.1 Å². The number of carbonyl (C=O) groups excluding carboxylic acids is 2. The number of anilines is 2. The number of aryl methyl sites for hydroxylation is 1. The highest BCUT2D eigenvalue weighted by atomic mass is 19.3. The summed E-state index contributed by atoms with van der Waals surface area (Å²) in [5.41, 5.74) is 0.717. The van der Waals surface area contributed by atoms with Crippen molar-refractivity contribution in [2.75, 3.05) is 10.6 Å². The minimum Gasteiger partial charge on any atom is -0.323 e. The molecule has 0 spiro atoms. The minimum absolute atomic E-state index is 0.150. The maximum atomic E-state index is 14.2. The van der Waals surface area contributed by atoms with Crippen LogP contribution in [0.4, 0.5) is 28.9 Å². The van der Waals surface area contributed by atoms with E-state index in [-0.39, 0.29) is 16.9 Å². The first-order chi connectivity index (χ1) is 13.7. The van der Waals surface area contributed by atoms with Crippen LogP contribution in [0, 0.1) is 24.5 Å². The SMILES string of the molecule is Cc1cc(F)c(NC(=O)C2CC2(F)F)cc1NC(=O)c1cnn2cc(F)ccc12. The highest BCUT2D eigenvalue weighted by Gasteiger charge is 2.61. The highest BCUT2D eigenvalue weighted by molar-refractivity contribution is 6.09. The van der Waals surface area contributed by atoms with E-state index >= 15 is 0 Å². The Morgan fingerprint density at radius 1 is 1.17 bits per heavy atom. The number of amides is 2. The molecule has 0 radical (unpaired) electrons. The molecule has 0 bridgehead atoms. The molecule has 2 amide bonds. The molecule has 0 saturated heterocycles. The van der Waals surface area contributed by atoms with Crippen LogP contribution in [0.5, 0.6) is 0 Å². The molecule has 2 N–H and O–H groups in total. The van der Waals surface area contributed by atoms with Crippen molar-refractivity contribution in [3.63, 3.8) is 0 Å². The second-order valence-corrected chi connectivity index (χ2v) is 6.84. The van der Waals surface area contributed by atoms with Crippen molar-refractivity contribution in [3.05, 3.63) is 59.4 Å². The molecular weight excluding hydrogens is 392 g/mol. The van der Waals surface area contributed by atoms with E-state index < -0.39 is 41.7 Å². The van der Waals surface area contributed by atoms with Crippen molar-refractivity contribution in [3.8, 4) is 0 Å². The number of rotatable bonds is 4. The predicted octanol–water partition coefficient (Wildman–Crippen LogP) is 3.77. The molecule has 0 aliphatic heterocycles. The van der Waals surface area contributed by atoms with Crippen molar-refractivity contribution >= 4 is 28.7 Å². The average Bonchev–Trinajstić information content (AvgIpc) is 3.09. The van der Waals surface area contributed by atoms with E-state index in [1.165, 1.54) is 29.8 Å². The zero-order valence-corrected chi connectivity index (χ0v) is 15.0. The number of alkyl halides is 2. The van der Waals surface area contributed by atoms with E-state index in [2.05, 4.69) is 15.7 Å². The Bertz CT molecular complexity index is 1160. The van der Waals surface area contributed by atoms with Gasteiger partial charge in [0.05, 0.1) is 29.2 Å². The van der Waals surface area contributed by atoms with Crippen LogP contribution < -0.4 is 10.6 Å². The largest absolute Gasteiger partial charge is 0.323 e. The Balaban J connectivity index is 1.58. The van der Waals surface area contributed by atoms with Crippen LogP contribution in [0.3, 0.4) is 0 Å². The van der Waals surface area contributed by atoms with Gasteiger partial charge >= 0.3 is 0 Å². The number of fused-ring (bicyclic) bond motifs is 1. The standard InChI is InChI=1S/C19H14F4N4O2/c1-9-4-13(21)15(26-18(29)12-6-19(12,22)23)5-14(9)25-17(28)11-7-24-27-8-10(20)2-3-16(11)27/h2-5,7-8,12H,6H2,1H3,(H,25,28)(H,26,29). The van der Waals surface area contributed by atoms with Gasteiger partial charge in [0.25, 0.3) is 11.8 Å². The predicted molar refractivity (Wildman–Crippen MR) is 95.9 cm³/mol. The third-order valence-electron chi connectivity index (χ3n) is 4.69. The quantitative estimate of drug-likeness (QED) is 0.648. The van der Waals surface area contributed by atoms with Gasteiger partial charge in [0.1, 0.15) is 17.6 Å². The molecule has 1 fully saturated rings. The fourth-order valence-electron chi connectivity index (χ4n) is 2.94. The summed E-state index contributed by atoms with van der Waals surface area (Å²) in [5.74, 6) is -7.48. The van der Waals surface area contributed by atoms with Gasteiger partial charge in [-0.3, -0.25) is 9.59 Å². The lowest BCUT2D eigenvalue weighted by Gasteiger charge is -2.12. The molecule has 6 nitrogen and oxygen atoms in total. The summed E-state index contributed by atoms with van der Waals surface area (Å²) in [6, 6.07) is 4.79. The summed E-state index contributed by atoms with van der Waals surface area (Å²) in [4.78, 5) is 24.4. The van der Waals surface area contributed by atoms with Gasteiger partial charge in [0.2, 0.25) is 5.91 Å². The number of hydrogen-bond donors (Lipinski definition) is 2. The van der Waals surface area contributed by atoms with Crippen molar-refractivity contribution in [1.29, 1.82) is 0 Å². The Hall–Kier alpha value is -3.43. The van der Waals surface area contributed by atoms with Gasteiger partial charge in [-0.2, -0.15) is 5.10 Å². The topological polar surface area (TPSA) is 75.5 Å². The summed E-state index contributed by atoms with van der Waals surface area (Å²) < 4.78 is 54.7.